The highest BCUT2D eigenvalue weighted by Gasteiger charge is 2.35. The number of amides is 3. The molecule has 1 heterocycles. The van der Waals surface area contributed by atoms with E-state index in [1.54, 1.807) is 29.2 Å². The molecule has 0 saturated carbocycles. The van der Waals surface area contributed by atoms with E-state index < -0.39 is 30.2 Å². The van der Waals surface area contributed by atoms with E-state index >= 15 is 0 Å². The van der Waals surface area contributed by atoms with Crippen LogP contribution in [0.3, 0.4) is 0 Å². The van der Waals surface area contributed by atoms with E-state index in [4.69, 9.17) is 4.74 Å². The Morgan fingerprint density at radius 2 is 1.79 bits per heavy atom. The summed E-state index contributed by atoms with van der Waals surface area (Å²) in [5.74, 6) is -1.26. The van der Waals surface area contributed by atoms with E-state index in [9.17, 15) is 27.6 Å². The summed E-state index contributed by atoms with van der Waals surface area (Å²) in [6, 6.07) is 18.3. The molecule has 3 aromatic rings. The SMILES string of the molecule is Cc1ccc(N2C[C@@H](C(=O)N/N=C/c3ccc(OCC(=O)Nc4cccc(C(F)(F)F)c4)cc3)CC2=O)cc1. The number of aryl methyl sites for hydroxylation is 1. The van der Waals surface area contributed by atoms with Crippen LogP contribution in [0.5, 0.6) is 5.75 Å². The first-order valence-electron chi connectivity index (χ1n) is 12.0. The zero-order valence-corrected chi connectivity index (χ0v) is 20.9. The van der Waals surface area contributed by atoms with Crippen LogP contribution in [0.4, 0.5) is 24.5 Å². The summed E-state index contributed by atoms with van der Waals surface area (Å²) in [6.45, 7) is 1.83. The molecule has 0 radical (unpaired) electrons. The van der Waals surface area contributed by atoms with E-state index in [0.29, 0.717) is 11.3 Å². The van der Waals surface area contributed by atoms with Crippen LogP contribution in [0.1, 0.15) is 23.1 Å². The number of hydrogen-bond donors (Lipinski definition) is 2. The number of carbonyl (C=O) groups is 3. The standard InChI is InChI=1S/C28H25F3N4O4/c1-18-5-9-23(10-6-18)35-16-20(13-26(35)37)27(38)34-32-15-19-7-11-24(12-8-19)39-17-25(36)33-22-4-2-3-21(14-22)28(29,30)31/h2-12,14-15,20H,13,16-17H2,1H3,(H,33,36)(H,34,38)/b32-15+/t20-/m0/s1. The Morgan fingerprint density at radius 3 is 2.49 bits per heavy atom. The molecule has 39 heavy (non-hydrogen) atoms. The van der Waals surface area contributed by atoms with Crippen LogP contribution in [0.2, 0.25) is 0 Å². The van der Waals surface area contributed by atoms with Gasteiger partial charge < -0.3 is 15.0 Å². The summed E-state index contributed by atoms with van der Waals surface area (Å²) in [5, 5.41) is 6.32. The highest BCUT2D eigenvalue weighted by Crippen LogP contribution is 2.30. The molecule has 1 saturated heterocycles. The third kappa shape index (κ3) is 7.44. The maximum atomic E-state index is 12.8. The predicted molar refractivity (Wildman–Crippen MR) is 139 cm³/mol. The molecule has 2 N–H and O–H groups in total. The van der Waals surface area contributed by atoms with E-state index in [0.717, 1.165) is 23.4 Å². The van der Waals surface area contributed by atoms with Crippen LogP contribution < -0.4 is 20.4 Å². The summed E-state index contributed by atoms with van der Waals surface area (Å²) < 4.78 is 43.8. The van der Waals surface area contributed by atoms with Gasteiger partial charge >= 0.3 is 6.18 Å². The first-order chi connectivity index (χ1) is 18.6. The van der Waals surface area contributed by atoms with E-state index in [1.807, 2.05) is 31.2 Å². The van der Waals surface area contributed by atoms with Crippen molar-refractivity contribution in [3.8, 4) is 5.75 Å². The van der Waals surface area contributed by atoms with Crippen LogP contribution in [0.25, 0.3) is 0 Å². The number of hydrogen-bond acceptors (Lipinski definition) is 5. The highest BCUT2D eigenvalue weighted by molar-refractivity contribution is 6.00. The van der Waals surface area contributed by atoms with Crippen molar-refractivity contribution in [3.05, 3.63) is 89.5 Å². The van der Waals surface area contributed by atoms with Crippen molar-refractivity contribution in [3.63, 3.8) is 0 Å². The molecule has 0 spiro atoms. The number of hydrazone groups is 1. The van der Waals surface area contributed by atoms with Gasteiger partial charge in [0, 0.05) is 24.3 Å². The summed E-state index contributed by atoms with van der Waals surface area (Å²) in [6.07, 6.45) is -2.98. The average Bonchev–Trinajstić information content (AvgIpc) is 3.30. The minimum atomic E-state index is -4.51. The monoisotopic (exact) mass is 538 g/mol. The van der Waals surface area contributed by atoms with Gasteiger partial charge in [0.25, 0.3) is 5.91 Å². The van der Waals surface area contributed by atoms with Crippen molar-refractivity contribution in [2.24, 2.45) is 11.0 Å². The molecule has 0 unspecified atom stereocenters. The number of rotatable bonds is 8. The molecule has 1 aliphatic heterocycles. The van der Waals surface area contributed by atoms with Crippen molar-refractivity contribution in [1.82, 2.24) is 5.43 Å². The number of ether oxygens (including phenoxy) is 1. The predicted octanol–water partition coefficient (Wildman–Crippen LogP) is 4.53. The lowest BCUT2D eigenvalue weighted by molar-refractivity contribution is -0.137. The molecule has 11 heteroatoms. The van der Waals surface area contributed by atoms with Gasteiger partial charge in [-0.3, -0.25) is 14.4 Å². The molecule has 3 amide bonds. The maximum absolute atomic E-state index is 12.8. The largest absolute Gasteiger partial charge is 0.484 e. The van der Waals surface area contributed by atoms with E-state index in [2.05, 4.69) is 15.8 Å². The van der Waals surface area contributed by atoms with Gasteiger partial charge in [0.05, 0.1) is 17.7 Å². The van der Waals surface area contributed by atoms with Gasteiger partial charge in [-0.2, -0.15) is 18.3 Å². The zero-order chi connectivity index (χ0) is 28.0. The van der Waals surface area contributed by atoms with Crippen LogP contribution in [0, 0.1) is 12.8 Å². The van der Waals surface area contributed by atoms with Gasteiger partial charge in [0.1, 0.15) is 5.75 Å². The molecular formula is C28H25F3N4O4. The van der Waals surface area contributed by atoms with Crippen molar-refractivity contribution in [1.29, 1.82) is 0 Å². The van der Waals surface area contributed by atoms with Crippen molar-refractivity contribution in [2.45, 2.75) is 19.5 Å². The molecule has 202 valence electrons. The van der Waals surface area contributed by atoms with Crippen molar-refractivity contribution < 1.29 is 32.3 Å². The Balaban J connectivity index is 1.22. The van der Waals surface area contributed by atoms with Gasteiger partial charge in [0.2, 0.25) is 11.8 Å². The maximum Gasteiger partial charge on any atom is 0.416 e. The number of carbonyl (C=O) groups excluding carboxylic acids is 3. The third-order valence-corrected chi connectivity index (χ3v) is 5.95. The Hall–Kier alpha value is -4.67. The molecule has 8 nitrogen and oxygen atoms in total. The van der Waals surface area contributed by atoms with Gasteiger partial charge in [0.15, 0.2) is 6.61 Å². The zero-order valence-electron chi connectivity index (χ0n) is 20.9. The van der Waals surface area contributed by atoms with Crippen LogP contribution >= 0.6 is 0 Å². The third-order valence-electron chi connectivity index (χ3n) is 5.95. The lowest BCUT2D eigenvalue weighted by atomic mass is 10.1. The van der Waals surface area contributed by atoms with Crippen LogP contribution in [-0.4, -0.2) is 37.1 Å². The smallest absolute Gasteiger partial charge is 0.416 e. The van der Waals surface area contributed by atoms with E-state index in [1.165, 1.54) is 18.3 Å². The first-order valence-corrected chi connectivity index (χ1v) is 12.0. The molecule has 0 bridgehead atoms. The number of alkyl halides is 3. The van der Waals surface area contributed by atoms with Gasteiger partial charge in [-0.15, -0.1) is 0 Å². The number of benzene rings is 3. The first kappa shape index (κ1) is 27.4. The second kappa shape index (κ2) is 11.8. The van der Waals surface area contributed by atoms with Gasteiger partial charge in [-0.1, -0.05) is 23.8 Å². The molecule has 3 aromatic carbocycles. The number of nitrogens with one attached hydrogen (secondary N) is 2. The Bertz CT molecular complexity index is 1370. The van der Waals surface area contributed by atoms with E-state index in [-0.39, 0.29) is 30.5 Å². The lowest BCUT2D eigenvalue weighted by Crippen LogP contribution is -2.30. The lowest BCUT2D eigenvalue weighted by Gasteiger charge is -2.16. The van der Waals surface area contributed by atoms with Crippen LogP contribution in [0.15, 0.2) is 77.9 Å². The topological polar surface area (TPSA) is 100 Å². The van der Waals surface area contributed by atoms with Crippen molar-refractivity contribution in [2.75, 3.05) is 23.4 Å². The molecule has 0 aromatic heterocycles. The highest BCUT2D eigenvalue weighted by atomic mass is 19.4. The van der Waals surface area contributed by atoms with Gasteiger partial charge in [-0.25, -0.2) is 5.43 Å². The second-order valence-electron chi connectivity index (χ2n) is 8.96. The Morgan fingerprint density at radius 1 is 1.08 bits per heavy atom. The van der Waals surface area contributed by atoms with Crippen LogP contribution in [-0.2, 0) is 20.6 Å². The minimum Gasteiger partial charge on any atom is -0.484 e. The van der Waals surface area contributed by atoms with Crippen molar-refractivity contribution >= 4 is 35.3 Å². The number of halogens is 3. The fourth-order valence-electron chi connectivity index (χ4n) is 3.89. The number of nitrogens with zero attached hydrogens (tertiary/aromatic N) is 2. The number of anilines is 2. The molecule has 0 aliphatic carbocycles. The fourth-order valence-corrected chi connectivity index (χ4v) is 3.89. The average molecular weight is 539 g/mol. The molecular weight excluding hydrogens is 513 g/mol. The summed E-state index contributed by atoms with van der Waals surface area (Å²) in [4.78, 5) is 38.5. The Kier molecular flexibility index (Phi) is 8.28. The van der Waals surface area contributed by atoms with Gasteiger partial charge in [-0.05, 0) is 67.1 Å². The summed E-state index contributed by atoms with van der Waals surface area (Å²) >= 11 is 0. The molecule has 1 aliphatic rings. The minimum absolute atomic E-state index is 0.0110. The Labute approximate surface area is 222 Å². The summed E-state index contributed by atoms with van der Waals surface area (Å²) in [5.41, 5.74) is 4.07. The molecule has 1 atom stereocenters. The fraction of sp³-hybridized carbons (Fsp3) is 0.214. The molecule has 4 rings (SSSR count). The normalized spacial score (nSPS) is 15.4. The quantitative estimate of drug-likeness (QED) is 0.325. The molecule has 1 fully saturated rings. The summed E-state index contributed by atoms with van der Waals surface area (Å²) in [7, 11) is 0. The second-order valence-corrected chi connectivity index (χ2v) is 8.96.